The molecule has 1 unspecified atom stereocenters. The van der Waals surface area contributed by atoms with Crippen molar-refractivity contribution in [2.24, 2.45) is 10.7 Å². The molecular weight excluding hydrogens is 164 g/mol. The zero-order valence-corrected chi connectivity index (χ0v) is 8.58. The number of hydrogen-bond acceptors (Lipinski definition) is 2. The molecule has 1 atom stereocenters. The minimum atomic E-state index is 0.481. The molecule has 1 heterocycles. The fourth-order valence-electron chi connectivity index (χ4n) is 1.71. The van der Waals surface area contributed by atoms with E-state index in [2.05, 4.69) is 22.3 Å². The number of piperidine rings is 1. The van der Waals surface area contributed by atoms with Gasteiger partial charge in [0.05, 0.1) is 0 Å². The summed E-state index contributed by atoms with van der Waals surface area (Å²) in [5, 5.41) is 3.24. The molecule has 3 N–H and O–H groups in total. The molecule has 0 bridgehead atoms. The summed E-state index contributed by atoms with van der Waals surface area (Å²) in [6, 6.07) is 0.481. The number of rotatable bonds is 2. The van der Waals surface area contributed by atoms with Crippen molar-refractivity contribution in [2.45, 2.75) is 25.8 Å². The number of guanidine groups is 1. The molecule has 0 amide bonds. The van der Waals surface area contributed by atoms with Crippen molar-refractivity contribution in [3.05, 3.63) is 0 Å². The Morgan fingerprint density at radius 3 is 3.08 bits per heavy atom. The van der Waals surface area contributed by atoms with E-state index in [0.717, 1.165) is 13.1 Å². The molecule has 0 aromatic carbocycles. The Labute approximate surface area is 80.2 Å². The van der Waals surface area contributed by atoms with E-state index < -0.39 is 0 Å². The fourth-order valence-corrected chi connectivity index (χ4v) is 1.71. The van der Waals surface area contributed by atoms with Crippen molar-refractivity contribution in [1.82, 2.24) is 10.2 Å². The molecular formula is C9H20N4. The maximum Gasteiger partial charge on any atom is 0.188 e. The largest absolute Gasteiger partial charge is 0.370 e. The van der Waals surface area contributed by atoms with E-state index in [4.69, 9.17) is 5.73 Å². The first-order valence-electron chi connectivity index (χ1n) is 4.97. The Kier molecular flexibility index (Phi) is 4.02. The average Bonchev–Trinajstić information content (AvgIpc) is 2.04. The molecule has 4 nitrogen and oxygen atoms in total. The van der Waals surface area contributed by atoms with E-state index >= 15 is 0 Å². The average molecular weight is 184 g/mol. The number of nitrogens with one attached hydrogen (secondary N) is 1. The maximum atomic E-state index is 5.68. The predicted molar refractivity (Wildman–Crippen MR) is 55.8 cm³/mol. The summed E-state index contributed by atoms with van der Waals surface area (Å²) >= 11 is 0. The van der Waals surface area contributed by atoms with Crippen LogP contribution in [0.1, 0.15) is 19.8 Å². The molecule has 0 spiro atoms. The number of hydrogen-bond donors (Lipinski definition) is 2. The van der Waals surface area contributed by atoms with Gasteiger partial charge in [0, 0.05) is 19.1 Å². The van der Waals surface area contributed by atoms with Crippen molar-refractivity contribution < 1.29 is 0 Å². The van der Waals surface area contributed by atoms with Crippen LogP contribution in [0.3, 0.4) is 0 Å². The summed E-state index contributed by atoms with van der Waals surface area (Å²) in [7, 11) is 2.14. The van der Waals surface area contributed by atoms with Gasteiger partial charge in [-0.15, -0.1) is 0 Å². The van der Waals surface area contributed by atoms with Crippen LogP contribution in [-0.2, 0) is 0 Å². The first-order chi connectivity index (χ1) is 6.22. The lowest BCUT2D eigenvalue weighted by Crippen LogP contribution is -2.48. The molecule has 4 heteroatoms. The number of nitrogens with zero attached hydrogens (tertiary/aromatic N) is 2. The first-order valence-corrected chi connectivity index (χ1v) is 4.97. The Balaban J connectivity index is 2.31. The molecule has 0 radical (unpaired) electrons. The van der Waals surface area contributed by atoms with E-state index in [0.29, 0.717) is 12.0 Å². The number of nitrogens with two attached hydrogens (primary N) is 1. The van der Waals surface area contributed by atoms with Crippen LogP contribution in [0.2, 0.25) is 0 Å². The van der Waals surface area contributed by atoms with Crippen molar-refractivity contribution in [3.8, 4) is 0 Å². The highest BCUT2D eigenvalue weighted by atomic mass is 15.2. The molecule has 1 aliphatic rings. The Hall–Kier alpha value is -0.770. The third kappa shape index (κ3) is 3.63. The Bertz CT molecular complexity index is 178. The van der Waals surface area contributed by atoms with Gasteiger partial charge < -0.3 is 16.0 Å². The quantitative estimate of drug-likeness (QED) is 0.469. The maximum absolute atomic E-state index is 5.68. The monoisotopic (exact) mass is 184 g/mol. The SMILES string of the molecule is CCN=C(N)NC1CCCN(C)C1. The lowest BCUT2D eigenvalue weighted by molar-refractivity contribution is 0.240. The van der Waals surface area contributed by atoms with Gasteiger partial charge in [-0.25, -0.2) is 0 Å². The van der Waals surface area contributed by atoms with Crippen LogP contribution in [0, 0.1) is 0 Å². The van der Waals surface area contributed by atoms with Gasteiger partial charge in [0.2, 0.25) is 0 Å². The van der Waals surface area contributed by atoms with Gasteiger partial charge in [-0.2, -0.15) is 0 Å². The van der Waals surface area contributed by atoms with Gasteiger partial charge >= 0.3 is 0 Å². The molecule has 0 aromatic heterocycles. The highest BCUT2D eigenvalue weighted by molar-refractivity contribution is 5.78. The zero-order chi connectivity index (χ0) is 9.68. The molecule has 13 heavy (non-hydrogen) atoms. The molecule has 0 aliphatic carbocycles. The molecule has 0 aromatic rings. The van der Waals surface area contributed by atoms with E-state index in [1.165, 1.54) is 19.4 Å². The number of aliphatic imine (C=N–C) groups is 1. The topological polar surface area (TPSA) is 53.6 Å². The lowest BCUT2D eigenvalue weighted by atomic mass is 10.1. The molecule has 76 valence electrons. The van der Waals surface area contributed by atoms with Crippen molar-refractivity contribution >= 4 is 5.96 Å². The molecule has 1 aliphatic heterocycles. The smallest absolute Gasteiger partial charge is 0.188 e. The minimum Gasteiger partial charge on any atom is -0.370 e. The van der Waals surface area contributed by atoms with Crippen LogP contribution in [0.4, 0.5) is 0 Å². The van der Waals surface area contributed by atoms with Gasteiger partial charge in [0.25, 0.3) is 0 Å². The van der Waals surface area contributed by atoms with Crippen LogP contribution >= 0.6 is 0 Å². The highest BCUT2D eigenvalue weighted by Crippen LogP contribution is 2.07. The summed E-state index contributed by atoms with van der Waals surface area (Å²) < 4.78 is 0. The third-order valence-electron chi connectivity index (χ3n) is 2.30. The lowest BCUT2D eigenvalue weighted by Gasteiger charge is -2.30. The summed E-state index contributed by atoms with van der Waals surface area (Å²) in [6.45, 7) is 5.01. The van der Waals surface area contributed by atoms with Crippen LogP contribution in [0.5, 0.6) is 0 Å². The standard InChI is InChI=1S/C9H20N4/c1-3-11-9(10)12-8-5-4-6-13(2)7-8/h8H,3-7H2,1-2H3,(H3,10,11,12). The van der Waals surface area contributed by atoms with E-state index in [1.54, 1.807) is 0 Å². The second kappa shape index (κ2) is 5.07. The summed E-state index contributed by atoms with van der Waals surface area (Å²) in [4.78, 5) is 6.43. The van der Waals surface area contributed by atoms with Crippen LogP contribution in [0.15, 0.2) is 4.99 Å². The van der Waals surface area contributed by atoms with Gasteiger partial charge in [0.15, 0.2) is 5.96 Å². The number of likely N-dealkylation sites (tertiary alicyclic amines) is 1. The van der Waals surface area contributed by atoms with Gasteiger partial charge in [-0.1, -0.05) is 0 Å². The highest BCUT2D eigenvalue weighted by Gasteiger charge is 2.16. The van der Waals surface area contributed by atoms with Crippen molar-refractivity contribution in [2.75, 3.05) is 26.7 Å². The van der Waals surface area contributed by atoms with Crippen molar-refractivity contribution in [1.29, 1.82) is 0 Å². The minimum absolute atomic E-state index is 0.481. The van der Waals surface area contributed by atoms with Gasteiger partial charge in [-0.3, -0.25) is 4.99 Å². The van der Waals surface area contributed by atoms with Gasteiger partial charge in [0.1, 0.15) is 0 Å². The number of likely N-dealkylation sites (N-methyl/N-ethyl adjacent to an activating group) is 1. The summed E-state index contributed by atoms with van der Waals surface area (Å²) in [6.07, 6.45) is 2.44. The predicted octanol–water partition coefficient (Wildman–Crippen LogP) is 0.00480. The van der Waals surface area contributed by atoms with E-state index in [1.807, 2.05) is 6.92 Å². The third-order valence-corrected chi connectivity index (χ3v) is 2.30. The second-order valence-corrected chi connectivity index (χ2v) is 3.61. The Morgan fingerprint density at radius 1 is 1.69 bits per heavy atom. The van der Waals surface area contributed by atoms with Gasteiger partial charge in [-0.05, 0) is 33.4 Å². The summed E-state index contributed by atoms with van der Waals surface area (Å²) in [5.74, 6) is 0.586. The molecule has 1 fully saturated rings. The second-order valence-electron chi connectivity index (χ2n) is 3.61. The zero-order valence-electron chi connectivity index (χ0n) is 8.58. The molecule has 0 saturated carbocycles. The van der Waals surface area contributed by atoms with E-state index in [9.17, 15) is 0 Å². The Morgan fingerprint density at radius 2 is 2.46 bits per heavy atom. The van der Waals surface area contributed by atoms with E-state index in [-0.39, 0.29) is 0 Å². The molecule has 1 saturated heterocycles. The summed E-state index contributed by atoms with van der Waals surface area (Å²) in [5.41, 5.74) is 5.68. The van der Waals surface area contributed by atoms with Crippen molar-refractivity contribution in [3.63, 3.8) is 0 Å². The van der Waals surface area contributed by atoms with Crippen LogP contribution in [0.25, 0.3) is 0 Å². The molecule has 1 rings (SSSR count). The fraction of sp³-hybridized carbons (Fsp3) is 0.889. The van der Waals surface area contributed by atoms with Crippen LogP contribution < -0.4 is 11.1 Å². The normalized spacial score (nSPS) is 26.0. The van der Waals surface area contributed by atoms with Crippen LogP contribution in [-0.4, -0.2) is 43.6 Å². The first kappa shape index (κ1) is 10.3.